The third-order valence-corrected chi connectivity index (χ3v) is 5.27. The van der Waals surface area contributed by atoms with Gasteiger partial charge < -0.3 is 21.1 Å². The molecule has 1 aliphatic carbocycles. The van der Waals surface area contributed by atoms with Crippen molar-refractivity contribution >= 4 is 5.97 Å². The van der Waals surface area contributed by atoms with Gasteiger partial charge in [0.25, 0.3) is 0 Å². The Morgan fingerprint density at radius 3 is 2.38 bits per heavy atom. The van der Waals surface area contributed by atoms with E-state index in [2.05, 4.69) is 10.6 Å². The number of rotatable bonds is 5. The van der Waals surface area contributed by atoms with Gasteiger partial charge in [-0.1, -0.05) is 43.2 Å². The van der Waals surface area contributed by atoms with Gasteiger partial charge in [-0.15, -0.1) is 0 Å². The first-order valence-corrected chi connectivity index (χ1v) is 9.10. The first kappa shape index (κ1) is 17.4. The third kappa shape index (κ3) is 4.79. The maximum atomic E-state index is 12.0. The zero-order chi connectivity index (χ0) is 16.8. The number of nitrogens with one attached hydrogen (secondary N) is 2. The van der Waals surface area contributed by atoms with Gasteiger partial charge in [-0.2, -0.15) is 0 Å². The molecule has 2 aliphatic rings. The summed E-state index contributed by atoms with van der Waals surface area (Å²) in [5, 5.41) is 7.23. The van der Waals surface area contributed by atoms with Crippen LogP contribution in [-0.4, -0.2) is 36.7 Å². The fraction of sp³-hybridized carbons (Fsp3) is 0.632. The summed E-state index contributed by atoms with van der Waals surface area (Å²) in [5.41, 5.74) is 7.16. The molecule has 1 heterocycles. The van der Waals surface area contributed by atoms with Crippen molar-refractivity contribution in [3.63, 3.8) is 0 Å². The van der Waals surface area contributed by atoms with Crippen molar-refractivity contribution in [3.05, 3.63) is 35.9 Å². The summed E-state index contributed by atoms with van der Waals surface area (Å²) in [6, 6.07) is 10.8. The van der Waals surface area contributed by atoms with Crippen molar-refractivity contribution in [3.8, 4) is 0 Å². The molecule has 1 aromatic carbocycles. The molecule has 132 valence electrons. The number of esters is 1. The summed E-state index contributed by atoms with van der Waals surface area (Å²) < 4.78 is 5.35. The molecule has 0 spiro atoms. The van der Waals surface area contributed by atoms with Crippen LogP contribution in [0.2, 0.25) is 0 Å². The Bertz CT molecular complexity index is 519. The van der Waals surface area contributed by atoms with Crippen LogP contribution in [-0.2, 0) is 16.1 Å². The zero-order valence-corrected chi connectivity index (χ0v) is 14.3. The summed E-state index contributed by atoms with van der Waals surface area (Å²) in [4.78, 5) is 12.0. The van der Waals surface area contributed by atoms with Crippen molar-refractivity contribution in [1.82, 2.24) is 10.6 Å². The topological polar surface area (TPSA) is 76.4 Å². The lowest BCUT2D eigenvalue weighted by atomic mass is 9.91. The highest BCUT2D eigenvalue weighted by Gasteiger charge is 2.34. The van der Waals surface area contributed by atoms with Gasteiger partial charge in [-0.25, -0.2) is 0 Å². The smallest absolute Gasteiger partial charge is 0.306 e. The van der Waals surface area contributed by atoms with Gasteiger partial charge in [0.1, 0.15) is 6.61 Å². The highest BCUT2D eigenvalue weighted by Crippen LogP contribution is 2.22. The second-order valence-electron chi connectivity index (χ2n) is 7.27. The molecule has 0 bridgehead atoms. The Morgan fingerprint density at radius 2 is 1.75 bits per heavy atom. The van der Waals surface area contributed by atoms with E-state index < -0.39 is 0 Å². The van der Waals surface area contributed by atoms with Crippen molar-refractivity contribution in [2.45, 2.75) is 62.8 Å². The monoisotopic (exact) mass is 331 g/mol. The first-order chi connectivity index (χ1) is 11.6. The van der Waals surface area contributed by atoms with Crippen LogP contribution >= 0.6 is 0 Å². The lowest BCUT2D eigenvalue weighted by molar-refractivity contribution is -0.145. The number of benzene rings is 1. The van der Waals surface area contributed by atoms with E-state index in [1.54, 1.807) is 0 Å². The molecule has 2 fully saturated rings. The largest absolute Gasteiger partial charge is 0.461 e. The lowest BCUT2D eigenvalue weighted by Gasteiger charge is -2.30. The Balaban J connectivity index is 1.43. The van der Waals surface area contributed by atoms with Gasteiger partial charge in [0.2, 0.25) is 0 Å². The Hall–Kier alpha value is -1.43. The standard InChI is InChI=1S/C19H29N3O2/c20-19(13-21-16-8-4-5-9-17(16)22-14-19)11-10-18(23)24-12-15-6-2-1-3-7-15/h1-3,6-7,16-17,21-22H,4-5,8-14,20H2/t16-,17+,19?. The summed E-state index contributed by atoms with van der Waals surface area (Å²) >= 11 is 0. The third-order valence-electron chi connectivity index (χ3n) is 5.27. The maximum Gasteiger partial charge on any atom is 0.306 e. The van der Waals surface area contributed by atoms with Crippen LogP contribution in [0.3, 0.4) is 0 Å². The second-order valence-corrected chi connectivity index (χ2v) is 7.27. The fourth-order valence-corrected chi connectivity index (χ4v) is 3.69. The van der Waals surface area contributed by atoms with Gasteiger partial charge in [0.15, 0.2) is 0 Å². The van der Waals surface area contributed by atoms with E-state index in [-0.39, 0.29) is 11.5 Å². The molecule has 3 rings (SSSR count). The fourth-order valence-electron chi connectivity index (χ4n) is 3.69. The van der Waals surface area contributed by atoms with Gasteiger partial charge in [-0.05, 0) is 24.8 Å². The van der Waals surface area contributed by atoms with Crippen molar-refractivity contribution < 1.29 is 9.53 Å². The molecule has 3 atom stereocenters. The number of nitrogens with two attached hydrogens (primary N) is 1. The molecule has 0 amide bonds. The first-order valence-electron chi connectivity index (χ1n) is 9.10. The highest BCUT2D eigenvalue weighted by atomic mass is 16.5. The van der Waals surface area contributed by atoms with Gasteiger partial charge in [-0.3, -0.25) is 4.79 Å². The maximum absolute atomic E-state index is 12.0. The lowest BCUT2D eigenvalue weighted by Crippen LogP contribution is -2.53. The van der Waals surface area contributed by atoms with E-state index in [9.17, 15) is 4.79 Å². The van der Waals surface area contributed by atoms with E-state index in [0.717, 1.165) is 18.7 Å². The molecule has 1 aliphatic heterocycles. The minimum atomic E-state index is -0.386. The van der Waals surface area contributed by atoms with Crippen LogP contribution in [0.25, 0.3) is 0 Å². The number of fused-ring (bicyclic) bond motifs is 1. The van der Waals surface area contributed by atoms with Crippen LogP contribution in [0.15, 0.2) is 30.3 Å². The second kappa shape index (κ2) is 8.10. The molecule has 1 saturated heterocycles. The average molecular weight is 331 g/mol. The quantitative estimate of drug-likeness (QED) is 0.716. The SMILES string of the molecule is NC1(CCC(=O)OCc2ccccc2)CN[C@H]2CCCC[C@H]2NC1. The number of hydrogen-bond donors (Lipinski definition) is 3. The normalized spacial score (nSPS) is 30.2. The predicted molar refractivity (Wildman–Crippen MR) is 94.4 cm³/mol. The number of ether oxygens (including phenoxy) is 1. The number of carbonyl (C=O) groups is 1. The van der Waals surface area contributed by atoms with E-state index in [0.29, 0.717) is 31.5 Å². The predicted octanol–water partition coefficient (Wildman–Crippen LogP) is 1.71. The molecule has 5 nitrogen and oxygen atoms in total. The molecule has 0 aromatic heterocycles. The number of carbonyl (C=O) groups excluding carboxylic acids is 1. The molecule has 0 radical (unpaired) electrons. The van der Waals surface area contributed by atoms with Crippen LogP contribution in [0.4, 0.5) is 0 Å². The number of hydrogen-bond acceptors (Lipinski definition) is 5. The van der Waals surface area contributed by atoms with E-state index >= 15 is 0 Å². The molecule has 4 N–H and O–H groups in total. The Morgan fingerprint density at radius 1 is 1.12 bits per heavy atom. The molecule has 1 aromatic rings. The van der Waals surface area contributed by atoms with Gasteiger partial charge >= 0.3 is 5.97 Å². The van der Waals surface area contributed by atoms with E-state index in [1.165, 1.54) is 25.7 Å². The summed E-state index contributed by atoms with van der Waals surface area (Å²) in [5.74, 6) is -0.176. The van der Waals surface area contributed by atoms with Crippen LogP contribution in [0.1, 0.15) is 44.1 Å². The zero-order valence-electron chi connectivity index (χ0n) is 14.3. The van der Waals surface area contributed by atoms with Gasteiger partial charge in [0.05, 0.1) is 0 Å². The average Bonchev–Trinajstić information content (AvgIpc) is 2.79. The summed E-state index contributed by atoms with van der Waals surface area (Å²) in [6.07, 6.45) is 6.01. The minimum absolute atomic E-state index is 0.176. The van der Waals surface area contributed by atoms with E-state index in [4.69, 9.17) is 10.5 Å². The minimum Gasteiger partial charge on any atom is -0.461 e. The van der Waals surface area contributed by atoms with Crippen LogP contribution < -0.4 is 16.4 Å². The Labute approximate surface area is 144 Å². The summed E-state index contributed by atoms with van der Waals surface area (Å²) in [7, 11) is 0. The molecule has 5 heteroatoms. The van der Waals surface area contributed by atoms with Gasteiger partial charge in [0, 0.05) is 37.1 Å². The molecule has 1 saturated carbocycles. The molecule has 1 unspecified atom stereocenters. The molecular weight excluding hydrogens is 302 g/mol. The van der Waals surface area contributed by atoms with Crippen LogP contribution in [0, 0.1) is 0 Å². The van der Waals surface area contributed by atoms with Crippen molar-refractivity contribution in [2.75, 3.05) is 13.1 Å². The Kier molecular flexibility index (Phi) is 5.87. The van der Waals surface area contributed by atoms with Crippen LogP contribution in [0.5, 0.6) is 0 Å². The molecular formula is C19H29N3O2. The van der Waals surface area contributed by atoms with Crippen molar-refractivity contribution in [1.29, 1.82) is 0 Å². The molecule has 24 heavy (non-hydrogen) atoms. The van der Waals surface area contributed by atoms with Crippen molar-refractivity contribution in [2.24, 2.45) is 5.73 Å². The van der Waals surface area contributed by atoms with E-state index in [1.807, 2.05) is 30.3 Å². The summed E-state index contributed by atoms with van der Waals surface area (Å²) in [6.45, 7) is 1.85. The highest BCUT2D eigenvalue weighted by molar-refractivity contribution is 5.69.